The smallest absolute Gasteiger partial charge is 0.273 e. The first-order valence-electron chi connectivity index (χ1n) is 5.80. The number of nitro benzene ring substituents is 1. The van der Waals surface area contributed by atoms with E-state index in [0.29, 0.717) is 11.5 Å². The minimum atomic E-state index is -0.452. The number of halogens is 1. The van der Waals surface area contributed by atoms with E-state index in [2.05, 4.69) is 15.9 Å². The number of benzene rings is 2. The summed E-state index contributed by atoms with van der Waals surface area (Å²) in [4.78, 5) is 10.2. The maximum absolute atomic E-state index is 10.7. The summed E-state index contributed by atoms with van der Waals surface area (Å²) in [5, 5.41) is 10.7. The van der Waals surface area contributed by atoms with Gasteiger partial charge in [0.05, 0.1) is 18.1 Å². The molecule has 0 bridgehead atoms. The van der Waals surface area contributed by atoms with Gasteiger partial charge in [0.25, 0.3) is 5.69 Å². The summed E-state index contributed by atoms with van der Waals surface area (Å²) in [7, 11) is 1.58. The molecule has 0 radical (unpaired) electrons. The number of non-ortho nitro benzene ring substituents is 1. The number of ether oxygens (including phenoxy) is 2. The number of methoxy groups -OCH3 is 1. The van der Waals surface area contributed by atoms with E-state index in [1.807, 2.05) is 18.2 Å². The molecule has 2 aromatic rings. The van der Waals surface area contributed by atoms with Gasteiger partial charge in [-0.15, -0.1) is 0 Å². The summed E-state index contributed by atoms with van der Waals surface area (Å²) >= 11 is 3.38. The number of hydrogen-bond donors (Lipinski definition) is 0. The van der Waals surface area contributed by atoms with Crippen LogP contribution in [0.2, 0.25) is 0 Å². The zero-order valence-electron chi connectivity index (χ0n) is 10.7. The van der Waals surface area contributed by atoms with Crippen LogP contribution in [0, 0.1) is 10.1 Å². The summed E-state index contributed by atoms with van der Waals surface area (Å²) in [6, 6.07) is 11.7. The fraction of sp³-hybridized carbons (Fsp3) is 0.143. The first-order chi connectivity index (χ1) is 9.60. The molecule has 2 aromatic carbocycles. The molecule has 0 saturated carbocycles. The molecule has 0 N–H and O–H groups in total. The Morgan fingerprint density at radius 3 is 2.75 bits per heavy atom. The minimum absolute atomic E-state index is 0.00343. The van der Waals surface area contributed by atoms with Crippen molar-refractivity contribution in [2.45, 2.75) is 6.61 Å². The number of nitro groups is 1. The van der Waals surface area contributed by atoms with Crippen molar-refractivity contribution in [3.63, 3.8) is 0 Å². The van der Waals surface area contributed by atoms with Crippen molar-refractivity contribution in [1.29, 1.82) is 0 Å². The Bertz CT molecular complexity index is 630. The Hall–Kier alpha value is -2.08. The molecule has 0 amide bonds. The van der Waals surface area contributed by atoms with E-state index in [0.717, 1.165) is 10.0 Å². The van der Waals surface area contributed by atoms with Crippen LogP contribution in [0.4, 0.5) is 5.69 Å². The molecule has 6 heteroatoms. The fourth-order valence-electron chi connectivity index (χ4n) is 1.71. The van der Waals surface area contributed by atoms with Crippen LogP contribution in [0.25, 0.3) is 0 Å². The van der Waals surface area contributed by atoms with Gasteiger partial charge in [0.2, 0.25) is 0 Å². The van der Waals surface area contributed by atoms with Gasteiger partial charge >= 0.3 is 0 Å². The maximum atomic E-state index is 10.7. The SMILES string of the molecule is COc1ccc(Br)cc1COc1cccc([N+](=O)[O-])c1. The molecule has 0 saturated heterocycles. The molecule has 104 valence electrons. The predicted octanol–water partition coefficient (Wildman–Crippen LogP) is 3.94. The normalized spacial score (nSPS) is 10.1. The molecule has 0 fully saturated rings. The first kappa shape index (κ1) is 14.3. The number of hydrogen-bond acceptors (Lipinski definition) is 4. The molecular weight excluding hydrogens is 326 g/mol. The Morgan fingerprint density at radius 1 is 1.25 bits per heavy atom. The largest absolute Gasteiger partial charge is 0.496 e. The predicted molar refractivity (Wildman–Crippen MR) is 78.1 cm³/mol. The van der Waals surface area contributed by atoms with Gasteiger partial charge < -0.3 is 9.47 Å². The topological polar surface area (TPSA) is 61.6 Å². The van der Waals surface area contributed by atoms with E-state index in [4.69, 9.17) is 9.47 Å². The van der Waals surface area contributed by atoms with Crippen molar-refractivity contribution in [2.75, 3.05) is 7.11 Å². The highest BCUT2D eigenvalue weighted by atomic mass is 79.9. The minimum Gasteiger partial charge on any atom is -0.496 e. The Kier molecular flexibility index (Phi) is 4.57. The van der Waals surface area contributed by atoms with Crippen molar-refractivity contribution in [2.24, 2.45) is 0 Å². The molecule has 5 nitrogen and oxygen atoms in total. The van der Waals surface area contributed by atoms with Crippen LogP contribution in [-0.2, 0) is 6.61 Å². The van der Waals surface area contributed by atoms with E-state index in [9.17, 15) is 10.1 Å². The summed E-state index contributed by atoms with van der Waals surface area (Å²) < 4.78 is 11.7. The Labute approximate surface area is 124 Å². The molecule has 0 unspecified atom stereocenters. The van der Waals surface area contributed by atoms with Gasteiger partial charge in [0, 0.05) is 16.1 Å². The lowest BCUT2D eigenvalue weighted by Crippen LogP contribution is -1.99. The van der Waals surface area contributed by atoms with Crippen LogP contribution in [0.5, 0.6) is 11.5 Å². The lowest BCUT2D eigenvalue weighted by atomic mass is 10.2. The van der Waals surface area contributed by atoms with Crippen molar-refractivity contribution < 1.29 is 14.4 Å². The van der Waals surface area contributed by atoms with Crippen molar-refractivity contribution in [3.8, 4) is 11.5 Å². The van der Waals surface area contributed by atoms with E-state index < -0.39 is 4.92 Å². The third-order valence-electron chi connectivity index (χ3n) is 2.67. The molecule has 0 aliphatic heterocycles. The lowest BCUT2D eigenvalue weighted by Gasteiger charge is -2.10. The van der Waals surface area contributed by atoms with E-state index >= 15 is 0 Å². The third-order valence-corrected chi connectivity index (χ3v) is 3.16. The number of rotatable bonds is 5. The lowest BCUT2D eigenvalue weighted by molar-refractivity contribution is -0.384. The molecule has 2 rings (SSSR count). The van der Waals surface area contributed by atoms with Crippen LogP contribution >= 0.6 is 15.9 Å². The second kappa shape index (κ2) is 6.38. The van der Waals surface area contributed by atoms with E-state index in [1.165, 1.54) is 12.1 Å². The van der Waals surface area contributed by atoms with E-state index in [1.54, 1.807) is 19.2 Å². The second-order valence-corrected chi connectivity index (χ2v) is 4.91. The molecule has 0 aromatic heterocycles. The Morgan fingerprint density at radius 2 is 2.05 bits per heavy atom. The van der Waals surface area contributed by atoms with Crippen molar-refractivity contribution >= 4 is 21.6 Å². The average Bonchev–Trinajstić information content (AvgIpc) is 2.45. The molecule has 0 atom stereocenters. The van der Waals surface area contributed by atoms with Gasteiger partial charge in [0.1, 0.15) is 18.1 Å². The summed E-state index contributed by atoms with van der Waals surface area (Å²) in [5.41, 5.74) is 0.858. The summed E-state index contributed by atoms with van der Waals surface area (Å²) in [6.45, 7) is 0.268. The van der Waals surface area contributed by atoms with Gasteiger partial charge in [-0.3, -0.25) is 10.1 Å². The first-order valence-corrected chi connectivity index (χ1v) is 6.59. The van der Waals surface area contributed by atoms with Gasteiger partial charge in [-0.2, -0.15) is 0 Å². The zero-order valence-corrected chi connectivity index (χ0v) is 12.3. The maximum Gasteiger partial charge on any atom is 0.273 e. The Balaban J connectivity index is 2.14. The summed E-state index contributed by atoms with van der Waals surface area (Å²) in [5.74, 6) is 1.15. The highest BCUT2D eigenvalue weighted by Gasteiger charge is 2.08. The highest BCUT2D eigenvalue weighted by Crippen LogP contribution is 2.25. The van der Waals surface area contributed by atoms with E-state index in [-0.39, 0.29) is 12.3 Å². The second-order valence-electron chi connectivity index (χ2n) is 4.00. The molecule has 0 aliphatic carbocycles. The quantitative estimate of drug-likeness (QED) is 0.612. The standard InChI is InChI=1S/C14H12BrNO4/c1-19-14-6-5-11(15)7-10(14)9-20-13-4-2-3-12(8-13)16(17)18/h2-8H,9H2,1H3. The molecular formula is C14H12BrNO4. The van der Waals surface area contributed by atoms with Crippen LogP contribution in [-0.4, -0.2) is 12.0 Å². The van der Waals surface area contributed by atoms with Gasteiger partial charge in [0.15, 0.2) is 0 Å². The monoisotopic (exact) mass is 337 g/mol. The fourth-order valence-corrected chi connectivity index (χ4v) is 2.12. The summed E-state index contributed by atoms with van der Waals surface area (Å²) in [6.07, 6.45) is 0. The third kappa shape index (κ3) is 3.48. The van der Waals surface area contributed by atoms with Crippen LogP contribution in [0.15, 0.2) is 46.9 Å². The molecule has 0 aliphatic rings. The van der Waals surface area contributed by atoms with Crippen LogP contribution in [0.1, 0.15) is 5.56 Å². The molecule has 20 heavy (non-hydrogen) atoms. The zero-order chi connectivity index (χ0) is 14.5. The van der Waals surface area contributed by atoms with Gasteiger partial charge in [-0.25, -0.2) is 0 Å². The van der Waals surface area contributed by atoms with Gasteiger partial charge in [-0.05, 0) is 24.3 Å². The van der Waals surface area contributed by atoms with Crippen molar-refractivity contribution in [3.05, 3.63) is 62.6 Å². The van der Waals surface area contributed by atoms with Gasteiger partial charge in [-0.1, -0.05) is 22.0 Å². The molecule has 0 heterocycles. The average molecular weight is 338 g/mol. The highest BCUT2D eigenvalue weighted by molar-refractivity contribution is 9.10. The van der Waals surface area contributed by atoms with Crippen LogP contribution < -0.4 is 9.47 Å². The van der Waals surface area contributed by atoms with Crippen molar-refractivity contribution in [1.82, 2.24) is 0 Å². The number of nitrogens with zero attached hydrogens (tertiary/aromatic N) is 1. The molecule has 0 spiro atoms. The van der Waals surface area contributed by atoms with Crippen LogP contribution in [0.3, 0.4) is 0 Å².